The molecule has 11 heteroatoms. The van der Waals surface area contributed by atoms with E-state index in [1.165, 1.54) is 23.5 Å². The van der Waals surface area contributed by atoms with Gasteiger partial charge in [0.1, 0.15) is 6.61 Å². The van der Waals surface area contributed by atoms with Gasteiger partial charge in [0.2, 0.25) is 0 Å². The Balaban J connectivity index is 1.59. The highest BCUT2D eigenvalue weighted by Crippen LogP contribution is 2.35. The zero-order valence-electron chi connectivity index (χ0n) is 26.6. The van der Waals surface area contributed by atoms with E-state index in [1.54, 1.807) is 42.7 Å². The number of hydrogen-bond donors (Lipinski definition) is 0. The van der Waals surface area contributed by atoms with Crippen LogP contribution in [0.25, 0.3) is 6.08 Å². The third-order valence-electron chi connectivity index (χ3n) is 7.56. The first kappa shape index (κ1) is 33.1. The number of non-ortho nitro benzene ring substituents is 1. The number of carbonyl (C=O) groups is 1. The second kappa shape index (κ2) is 14.4. The molecule has 0 saturated heterocycles. The lowest BCUT2D eigenvalue weighted by Gasteiger charge is -2.24. The van der Waals surface area contributed by atoms with E-state index in [-0.39, 0.29) is 24.5 Å². The second-order valence-electron chi connectivity index (χ2n) is 10.9. The van der Waals surface area contributed by atoms with E-state index in [1.807, 2.05) is 50.2 Å². The van der Waals surface area contributed by atoms with E-state index in [2.05, 4.69) is 11.6 Å². The number of nitro groups is 1. The van der Waals surface area contributed by atoms with Crippen LogP contribution in [-0.2, 0) is 22.6 Å². The van der Waals surface area contributed by atoms with Gasteiger partial charge in [-0.05, 0) is 81.1 Å². The van der Waals surface area contributed by atoms with Gasteiger partial charge in [0, 0.05) is 17.7 Å². The molecule has 1 aliphatic rings. The van der Waals surface area contributed by atoms with Crippen molar-refractivity contribution in [1.29, 1.82) is 0 Å². The molecule has 0 N–H and O–H groups in total. The standard InChI is InChI=1S/C36H35N3O7S/c1-6-9-27-18-25(19-29(44-7-2)33(27)46-21-24-12-16-28(17-13-24)39(42)43)20-30-34(40)38-32(26-14-10-22(4)11-15-26)31(35(41)45-8-3)23(5)37-36(38)47-30/h6,10-20,32H,1,7-9,21H2,2-5H3/b30-20+/t32-/m0/s1. The molecular weight excluding hydrogens is 618 g/mol. The third-order valence-corrected chi connectivity index (χ3v) is 8.54. The zero-order valence-corrected chi connectivity index (χ0v) is 27.5. The van der Waals surface area contributed by atoms with Crippen molar-refractivity contribution in [2.45, 2.75) is 46.8 Å². The van der Waals surface area contributed by atoms with Crippen LogP contribution in [0.1, 0.15) is 54.6 Å². The van der Waals surface area contributed by atoms with Gasteiger partial charge in [0.05, 0.1) is 40.0 Å². The summed E-state index contributed by atoms with van der Waals surface area (Å²) in [6, 6.07) is 16.9. The van der Waals surface area contributed by atoms with E-state index in [4.69, 9.17) is 14.2 Å². The number of hydrogen-bond acceptors (Lipinski definition) is 9. The maximum atomic E-state index is 14.1. The van der Waals surface area contributed by atoms with Crippen LogP contribution in [0.5, 0.6) is 11.5 Å². The van der Waals surface area contributed by atoms with Gasteiger partial charge >= 0.3 is 5.97 Å². The molecular formula is C36H35N3O7S. The van der Waals surface area contributed by atoms with Crippen LogP contribution in [0.4, 0.5) is 5.69 Å². The van der Waals surface area contributed by atoms with Crippen molar-refractivity contribution in [1.82, 2.24) is 4.57 Å². The Hall–Kier alpha value is -5.29. The molecule has 3 aromatic carbocycles. The lowest BCUT2D eigenvalue weighted by molar-refractivity contribution is -0.384. The van der Waals surface area contributed by atoms with Crippen molar-refractivity contribution in [3.05, 3.63) is 142 Å². The van der Waals surface area contributed by atoms with Crippen LogP contribution in [0.2, 0.25) is 0 Å². The second-order valence-corrected chi connectivity index (χ2v) is 11.9. The fraction of sp³-hybridized carbons (Fsp3) is 0.250. The molecule has 5 rings (SSSR count). The minimum absolute atomic E-state index is 0.00296. The number of nitro benzene ring substituents is 1. The maximum Gasteiger partial charge on any atom is 0.338 e. The first-order valence-electron chi connectivity index (χ1n) is 15.2. The summed E-state index contributed by atoms with van der Waals surface area (Å²) in [6.07, 6.45) is 4.01. The van der Waals surface area contributed by atoms with E-state index in [9.17, 15) is 19.7 Å². The first-order chi connectivity index (χ1) is 22.6. The summed E-state index contributed by atoms with van der Waals surface area (Å²) in [5.41, 5.74) is 4.66. The van der Waals surface area contributed by atoms with Gasteiger partial charge in [-0.1, -0.05) is 47.2 Å². The minimum Gasteiger partial charge on any atom is -0.490 e. The van der Waals surface area contributed by atoms with Crippen molar-refractivity contribution in [2.75, 3.05) is 13.2 Å². The first-order valence-corrected chi connectivity index (χ1v) is 16.0. The SMILES string of the molecule is C=CCc1cc(/C=c2/sc3n(c2=O)[C@@H](c2ccc(C)cc2)C(C(=O)OCC)=C(C)N=3)cc(OCC)c1OCc1ccc([N+](=O)[O-])cc1. The third kappa shape index (κ3) is 7.10. The van der Waals surface area contributed by atoms with Gasteiger partial charge in [0.25, 0.3) is 11.2 Å². The molecule has 2 heterocycles. The average molecular weight is 654 g/mol. The van der Waals surface area contributed by atoms with Crippen molar-refractivity contribution in [2.24, 2.45) is 4.99 Å². The minimum atomic E-state index is -0.696. The summed E-state index contributed by atoms with van der Waals surface area (Å²) < 4.78 is 19.6. The van der Waals surface area contributed by atoms with Gasteiger partial charge in [0.15, 0.2) is 16.3 Å². The number of ether oxygens (including phenoxy) is 3. The summed E-state index contributed by atoms with van der Waals surface area (Å²) >= 11 is 1.24. The van der Waals surface area contributed by atoms with E-state index >= 15 is 0 Å². The zero-order chi connectivity index (χ0) is 33.7. The fourth-order valence-electron chi connectivity index (χ4n) is 5.38. The number of esters is 1. The van der Waals surface area contributed by atoms with Crippen molar-refractivity contribution >= 4 is 29.1 Å². The van der Waals surface area contributed by atoms with Gasteiger partial charge in [-0.2, -0.15) is 0 Å². The Kier molecular flexibility index (Phi) is 10.2. The predicted octanol–water partition coefficient (Wildman–Crippen LogP) is 5.72. The maximum absolute atomic E-state index is 14.1. The molecule has 0 unspecified atom stereocenters. The topological polar surface area (TPSA) is 122 Å². The highest BCUT2D eigenvalue weighted by atomic mass is 32.1. The number of carbonyl (C=O) groups excluding carboxylic acids is 1. The van der Waals surface area contributed by atoms with Gasteiger partial charge in [-0.15, -0.1) is 6.58 Å². The Morgan fingerprint density at radius 3 is 2.43 bits per heavy atom. The molecule has 0 aliphatic carbocycles. The normalized spacial score (nSPS) is 14.3. The summed E-state index contributed by atoms with van der Waals surface area (Å²) in [5, 5.41) is 11.0. The molecule has 1 aromatic heterocycles. The number of allylic oxidation sites excluding steroid dienone is 2. The highest BCUT2D eigenvalue weighted by molar-refractivity contribution is 7.07. The van der Waals surface area contributed by atoms with Gasteiger partial charge in [-0.25, -0.2) is 9.79 Å². The van der Waals surface area contributed by atoms with Crippen LogP contribution >= 0.6 is 11.3 Å². The Morgan fingerprint density at radius 1 is 1.06 bits per heavy atom. The summed E-state index contributed by atoms with van der Waals surface area (Å²) in [4.78, 5) is 43.0. The van der Waals surface area contributed by atoms with Crippen molar-refractivity contribution in [3.63, 3.8) is 0 Å². The van der Waals surface area contributed by atoms with Crippen molar-refractivity contribution in [3.8, 4) is 11.5 Å². The Bertz CT molecular complexity index is 2040. The lowest BCUT2D eigenvalue weighted by Crippen LogP contribution is -2.39. The summed E-state index contributed by atoms with van der Waals surface area (Å²) in [6.45, 7) is 12.0. The molecule has 0 radical (unpaired) electrons. The summed E-state index contributed by atoms with van der Waals surface area (Å²) in [7, 11) is 0. The Labute approximate surface area is 275 Å². The smallest absolute Gasteiger partial charge is 0.338 e. The molecule has 0 saturated carbocycles. The molecule has 0 bridgehead atoms. The van der Waals surface area contributed by atoms with Crippen LogP contribution in [0, 0.1) is 17.0 Å². The molecule has 1 atom stereocenters. The Morgan fingerprint density at radius 2 is 1.79 bits per heavy atom. The highest BCUT2D eigenvalue weighted by Gasteiger charge is 2.33. The number of aromatic nitrogens is 1. The fourth-order valence-corrected chi connectivity index (χ4v) is 6.42. The number of aryl methyl sites for hydroxylation is 1. The molecule has 0 spiro atoms. The van der Waals surface area contributed by atoms with Crippen LogP contribution in [0.15, 0.2) is 94.4 Å². The van der Waals surface area contributed by atoms with E-state index < -0.39 is 16.9 Å². The quantitative estimate of drug-likeness (QED) is 0.0830. The van der Waals surface area contributed by atoms with Crippen LogP contribution < -0.4 is 24.4 Å². The van der Waals surface area contributed by atoms with Gasteiger partial charge in [-0.3, -0.25) is 19.5 Å². The molecule has 10 nitrogen and oxygen atoms in total. The number of rotatable bonds is 12. The molecule has 0 fully saturated rings. The number of fused-ring (bicyclic) bond motifs is 1. The molecule has 47 heavy (non-hydrogen) atoms. The lowest BCUT2D eigenvalue weighted by atomic mass is 9.95. The van der Waals surface area contributed by atoms with E-state index in [0.29, 0.717) is 50.7 Å². The monoisotopic (exact) mass is 653 g/mol. The van der Waals surface area contributed by atoms with E-state index in [0.717, 1.165) is 22.3 Å². The predicted molar refractivity (Wildman–Crippen MR) is 181 cm³/mol. The number of nitrogens with zero attached hydrogens (tertiary/aromatic N) is 3. The van der Waals surface area contributed by atoms with Crippen LogP contribution in [0.3, 0.4) is 0 Å². The molecule has 0 amide bonds. The van der Waals surface area contributed by atoms with Crippen LogP contribution in [-0.4, -0.2) is 28.7 Å². The average Bonchev–Trinajstić information content (AvgIpc) is 3.34. The van der Waals surface area contributed by atoms with Crippen molar-refractivity contribution < 1.29 is 23.9 Å². The number of thiazole rings is 1. The van der Waals surface area contributed by atoms with Gasteiger partial charge < -0.3 is 14.2 Å². The molecule has 242 valence electrons. The number of benzene rings is 3. The molecule has 1 aliphatic heterocycles. The largest absolute Gasteiger partial charge is 0.490 e. The summed E-state index contributed by atoms with van der Waals surface area (Å²) in [5.74, 6) is 0.511. The molecule has 4 aromatic rings.